The summed E-state index contributed by atoms with van der Waals surface area (Å²) in [6, 6.07) is 6.12. The zero-order valence-electron chi connectivity index (χ0n) is 11.3. The molecule has 0 unspecified atom stereocenters. The average Bonchev–Trinajstić information content (AvgIpc) is 3.08. The first-order chi connectivity index (χ1) is 10.1. The molecule has 6 nitrogen and oxygen atoms in total. The van der Waals surface area contributed by atoms with E-state index in [4.69, 9.17) is 11.6 Å². The Hall–Kier alpha value is -1.51. The molecule has 0 aliphatic carbocycles. The Kier molecular flexibility index (Phi) is 4.18. The molecule has 0 atom stereocenters. The first-order valence-corrected chi connectivity index (χ1v) is 8.24. The third-order valence-electron chi connectivity index (χ3n) is 3.02. The van der Waals surface area contributed by atoms with Crippen molar-refractivity contribution in [3.05, 3.63) is 39.4 Å². The van der Waals surface area contributed by atoms with E-state index in [-0.39, 0.29) is 0 Å². The highest BCUT2D eigenvalue weighted by Crippen LogP contribution is 2.27. The van der Waals surface area contributed by atoms with Gasteiger partial charge in [-0.25, -0.2) is 0 Å². The molecule has 0 amide bonds. The molecule has 2 aromatic heterocycles. The molecular formula is C12H11ClN6S2. The van der Waals surface area contributed by atoms with Crippen molar-refractivity contribution >= 4 is 34.9 Å². The number of halogens is 1. The van der Waals surface area contributed by atoms with Gasteiger partial charge in [-0.1, -0.05) is 33.9 Å². The molecular weight excluding hydrogens is 328 g/mol. The highest BCUT2D eigenvalue weighted by molar-refractivity contribution is 7.98. The van der Waals surface area contributed by atoms with Gasteiger partial charge in [-0.15, -0.1) is 10.2 Å². The van der Waals surface area contributed by atoms with Crippen LogP contribution in [0.15, 0.2) is 23.4 Å². The number of hydrogen-bond donors (Lipinski definition) is 0. The fourth-order valence-corrected chi connectivity index (χ4v) is 3.33. The molecule has 3 aromatic rings. The van der Waals surface area contributed by atoms with Crippen molar-refractivity contribution in [2.45, 2.75) is 24.8 Å². The normalized spacial score (nSPS) is 11.0. The van der Waals surface area contributed by atoms with E-state index < -0.39 is 0 Å². The van der Waals surface area contributed by atoms with E-state index in [1.165, 1.54) is 34.4 Å². The van der Waals surface area contributed by atoms with Crippen molar-refractivity contribution in [2.75, 3.05) is 0 Å². The van der Waals surface area contributed by atoms with Gasteiger partial charge in [0, 0.05) is 17.3 Å². The molecule has 9 heteroatoms. The molecule has 0 bridgehead atoms. The van der Waals surface area contributed by atoms with Crippen LogP contribution in [-0.2, 0) is 5.75 Å². The number of aryl methyl sites for hydroxylation is 2. The number of thioether (sulfide) groups is 1. The van der Waals surface area contributed by atoms with Gasteiger partial charge in [0.2, 0.25) is 5.16 Å². The zero-order chi connectivity index (χ0) is 14.8. The smallest absolute Gasteiger partial charge is 0.187 e. The van der Waals surface area contributed by atoms with Gasteiger partial charge in [0.15, 0.2) is 0 Å². The SMILES string of the molecule is Cc1ccc(-n2nnnc2SCc2nnsc2Cl)cc1C. The summed E-state index contributed by atoms with van der Waals surface area (Å²) in [4.78, 5) is 0. The summed E-state index contributed by atoms with van der Waals surface area (Å²) in [6.07, 6.45) is 0. The quantitative estimate of drug-likeness (QED) is 0.681. The van der Waals surface area contributed by atoms with Crippen LogP contribution in [0.4, 0.5) is 0 Å². The largest absolute Gasteiger partial charge is 0.214 e. The lowest BCUT2D eigenvalue weighted by Gasteiger charge is -2.06. The molecule has 0 spiro atoms. The summed E-state index contributed by atoms with van der Waals surface area (Å²) < 4.78 is 6.13. The van der Waals surface area contributed by atoms with Gasteiger partial charge in [0.05, 0.1) is 5.69 Å². The van der Waals surface area contributed by atoms with Crippen molar-refractivity contribution < 1.29 is 0 Å². The van der Waals surface area contributed by atoms with Gasteiger partial charge in [-0.05, 0) is 47.5 Å². The van der Waals surface area contributed by atoms with E-state index >= 15 is 0 Å². The lowest BCUT2D eigenvalue weighted by molar-refractivity contribution is 0.755. The Morgan fingerprint density at radius 3 is 2.81 bits per heavy atom. The van der Waals surface area contributed by atoms with Crippen molar-refractivity contribution in [1.29, 1.82) is 0 Å². The van der Waals surface area contributed by atoms with Gasteiger partial charge in [0.25, 0.3) is 0 Å². The fourth-order valence-electron chi connectivity index (χ4n) is 1.70. The van der Waals surface area contributed by atoms with Crippen LogP contribution in [0.5, 0.6) is 0 Å². The Morgan fingerprint density at radius 1 is 1.24 bits per heavy atom. The number of aromatic nitrogens is 6. The van der Waals surface area contributed by atoms with Crippen LogP contribution in [0.3, 0.4) is 0 Å². The highest BCUT2D eigenvalue weighted by atomic mass is 35.5. The van der Waals surface area contributed by atoms with Crippen LogP contribution in [0.2, 0.25) is 4.34 Å². The summed E-state index contributed by atoms with van der Waals surface area (Å²) in [5.41, 5.74) is 4.13. The van der Waals surface area contributed by atoms with E-state index in [9.17, 15) is 0 Å². The second-order valence-corrected chi connectivity index (χ2v) is 6.72. The van der Waals surface area contributed by atoms with Gasteiger partial charge in [-0.3, -0.25) is 0 Å². The van der Waals surface area contributed by atoms with E-state index in [1.54, 1.807) is 4.68 Å². The van der Waals surface area contributed by atoms with E-state index in [0.717, 1.165) is 11.4 Å². The molecule has 0 radical (unpaired) electrons. The van der Waals surface area contributed by atoms with Crippen molar-refractivity contribution in [1.82, 2.24) is 29.8 Å². The Balaban J connectivity index is 1.83. The van der Waals surface area contributed by atoms with Gasteiger partial charge in [-0.2, -0.15) is 4.68 Å². The highest BCUT2D eigenvalue weighted by Gasteiger charge is 2.12. The third-order valence-corrected chi connectivity index (χ3v) is 4.94. The second kappa shape index (κ2) is 6.08. The molecule has 108 valence electrons. The number of hydrogen-bond acceptors (Lipinski definition) is 7. The molecule has 0 fully saturated rings. The van der Waals surface area contributed by atoms with E-state index in [2.05, 4.69) is 51.1 Å². The molecule has 0 N–H and O–H groups in total. The van der Waals surface area contributed by atoms with Gasteiger partial charge >= 0.3 is 0 Å². The minimum Gasteiger partial charge on any atom is -0.187 e. The Labute approximate surface area is 134 Å². The van der Waals surface area contributed by atoms with Crippen molar-refractivity contribution in [3.8, 4) is 5.69 Å². The van der Waals surface area contributed by atoms with E-state index in [0.29, 0.717) is 15.2 Å². The standard InChI is InChI=1S/C12H11ClN6S2/c1-7-3-4-9(5-8(7)2)19-12(15-16-17-19)20-6-10-11(13)21-18-14-10/h3-5H,6H2,1-2H3. The number of nitrogens with zero attached hydrogens (tertiary/aromatic N) is 6. The predicted molar refractivity (Wildman–Crippen MR) is 83.1 cm³/mol. The maximum absolute atomic E-state index is 6.00. The monoisotopic (exact) mass is 338 g/mol. The minimum absolute atomic E-state index is 0.584. The summed E-state index contributed by atoms with van der Waals surface area (Å²) in [6.45, 7) is 4.14. The maximum Gasteiger partial charge on any atom is 0.214 e. The fraction of sp³-hybridized carbons (Fsp3) is 0.250. The molecule has 21 heavy (non-hydrogen) atoms. The lowest BCUT2D eigenvalue weighted by Crippen LogP contribution is -2.00. The predicted octanol–water partition coefficient (Wildman–Crippen LogP) is 3.08. The van der Waals surface area contributed by atoms with Gasteiger partial charge < -0.3 is 0 Å². The van der Waals surface area contributed by atoms with Crippen LogP contribution < -0.4 is 0 Å². The lowest BCUT2D eigenvalue weighted by atomic mass is 10.1. The molecule has 3 rings (SSSR count). The van der Waals surface area contributed by atoms with E-state index in [1.807, 2.05) is 6.07 Å². The van der Waals surface area contributed by atoms with Gasteiger partial charge in [0.1, 0.15) is 10.0 Å². The molecule has 0 saturated heterocycles. The molecule has 0 saturated carbocycles. The molecule has 0 aliphatic rings. The average molecular weight is 339 g/mol. The molecule has 0 aliphatic heterocycles. The topological polar surface area (TPSA) is 69.4 Å². The molecule has 1 aromatic carbocycles. The van der Waals surface area contributed by atoms with Crippen molar-refractivity contribution in [3.63, 3.8) is 0 Å². The van der Waals surface area contributed by atoms with Crippen molar-refractivity contribution in [2.24, 2.45) is 0 Å². The Bertz CT molecular complexity index is 769. The first-order valence-electron chi connectivity index (χ1n) is 6.10. The van der Waals surface area contributed by atoms with Crippen LogP contribution in [0.1, 0.15) is 16.8 Å². The van der Waals surface area contributed by atoms with Crippen LogP contribution in [-0.4, -0.2) is 29.8 Å². The first kappa shape index (κ1) is 14.4. The Morgan fingerprint density at radius 2 is 2.10 bits per heavy atom. The number of benzene rings is 1. The molecule has 2 heterocycles. The summed E-state index contributed by atoms with van der Waals surface area (Å²) >= 11 is 8.65. The maximum atomic E-state index is 6.00. The third kappa shape index (κ3) is 3.07. The summed E-state index contributed by atoms with van der Waals surface area (Å²) in [7, 11) is 0. The van der Waals surface area contributed by atoms with Crippen LogP contribution in [0, 0.1) is 13.8 Å². The zero-order valence-corrected chi connectivity index (χ0v) is 13.7. The number of rotatable bonds is 4. The minimum atomic E-state index is 0.584. The van der Waals surface area contributed by atoms with Crippen LogP contribution in [0.25, 0.3) is 5.69 Å². The second-order valence-electron chi connectivity index (χ2n) is 4.42. The van der Waals surface area contributed by atoms with Crippen LogP contribution >= 0.6 is 34.9 Å². The summed E-state index contributed by atoms with van der Waals surface area (Å²) in [5.74, 6) is 0.584. The summed E-state index contributed by atoms with van der Waals surface area (Å²) in [5, 5.41) is 16.5. The number of tetrazole rings is 1.